The first kappa shape index (κ1) is 18.5. The molecule has 3 rings (SSSR count). The second-order valence-electron chi connectivity index (χ2n) is 6.03. The number of benzene rings is 2. The Morgan fingerprint density at radius 3 is 2.77 bits per heavy atom. The molecule has 0 spiro atoms. The van der Waals surface area contributed by atoms with E-state index in [4.69, 9.17) is 27.9 Å². The zero-order chi connectivity index (χ0) is 18.7. The van der Waals surface area contributed by atoms with E-state index in [1.54, 1.807) is 29.2 Å². The van der Waals surface area contributed by atoms with Crippen LogP contribution in [-0.4, -0.2) is 25.5 Å². The third-order valence-electron chi connectivity index (χ3n) is 4.34. The van der Waals surface area contributed by atoms with E-state index < -0.39 is 5.92 Å². The summed E-state index contributed by atoms with van der Waals surface area (Å²) in [5.74, 6) is -0.209. The number of hydrogen-bond acceptors (Lipinski definition) is 3. The first-order valence-electron chi connectivity index (χ1n) is 8.14. The van der Waals surface area contributed by atoms with Crippen molar-refractivity contribution in [1.82, 2.24) is 5.32 Å². The predicted molar refractivity (Wildman–Crippen MR) is 102 cm³/mol. The van der Waals surface area contributed by atoms with Crippen molar-refractivity contribution in [2.24, 2.45) is 5.92 Å². The van der Waals surface area contributed by atoms with Crippen molar-refractivity contribution in [3.05, 3.63) is 58.1 Å². The highest BCUT2D eigenvalue weighted by Gasteiger charge is 2.36. The molecule has 1 fully saturated rings. The van der Waals surface area contributed by atoms with Crippen LogP contribution in [0.15, 0.2) is 42.5 Å². The molecular weight excluding hydrogens is 375 g/mol. The van der Waals surface area contributed by atoms with Gasteiger partial charge in [-0.2, -0.15) is 0 Å². The number of carbonyl (C=O) groups excluding carboxylic acids is 2. The Labute approximate surface area is 161 Å². The van der Waals surface area contributed by atoms with Gasteiger partial charge in [-0.3, -0.25) is 9.59 Å². The van der Waals surface area contributed by atoms with E-state index in [0.29, 0.717) is 28.0 Å². The Balaban J connectivity index is 1.69. The molecule has 0 unspecified atom stereocenters. The monoisotopic (exact) mass is 392 g/mol. The standard InChI is InChI=1S/C19H18Cl2N2O3/c1-26-17-7-6-14(20)9-16(17)23-11-13(8-18(23)24)19(25)22-10-12-4-2-3-5-15(12)21/h2-7,9,13H,8,10-11H2,1H3,(H,22,25)/t13-/m1/s1. The molecule has 0 saturated carbocycles. The molecule has 1 atom stereocenters. The molecule has 136 valence electrons. The van der Waals surface area contributed by atoms with Gasteiger partial charge in [-0.05, 0) is 29.8 Å². The molecule has 2 aromatic carbocycles. The van der Waals surface area contributed by atoms with Gasteiger partial charge in [0, 0.05) is 29.6 Å². The number of anilines is 1. The molecule has 0 aromatic heterocycles. The summed E-state index contributed by atoms with van der Waals surface area (Å²) < 4.78 is 5.31. The van der Waals surface area contributed by atoms with Crippen molar-refractivity contribution in [2.75, 3.05) is 18.6 Å². The van der Waals surface area contributed by atoms with E-state index >= 15 is 0 Å². The van der Waals surface area contributed by atoms with Crippen molar-refractivity contribution < 1.29 is 14.3 Å². The van der Waals surface area contributed by atoms with Crippen LogP contribution in [0.3, 0.4) is 0 Å². The molecule has 1 N–H and O–H groups in total. The van der Waals surface area contributed by atoms with Gasteiger partial charge in [0.1, 0.15) is 5.75 Å². The maximum atomic E-state index is 12.5. The second kappa shape index (κ2) is 7.98. The van der Waals surface area contributed by atoms with Gasteiger partial charge in [0.05, 0.1) is 18.7 Å². The summed E-state index contributed by atoms with van der Waals surface area (Å²) in [6.07, 6.45) is 0.143. The molecule has 2 aromatic rings. The molecule has 2 amide bonds. The summed E-state index contributed by atoms with van der Waals surface area (Å²) in [6.45, 7) is 0.605. The molecule has 1 saturated heterocycles. The first-order chi connectivity index (χ1) is 12.5. The molecule has 7 heteroatoms. The van der Waals surface area contributed by atoms with Gasteiger partial charge in [0.15, 0.2) is 0 Å². The Hall–Kier alpha value is -2.24. The van der Waals surface area contributed by atoms with Crippen molar-refractivity contribution in [3.8, 4) is 5.75 Å². The Morgan fingerprint density at radius 1 is 1.27 bits per heavy atom. The van der Waals surface area contributed by atoms with Crippen LogP contribution in [0.1, 0.15) is 12.0 Å². The number of ether oxygens (including phenoxy) is 1. The predicted octanol–water partition coefficient (Wildman–Crippen LogP) is 3.67. The minimum atomic E-state index is -0.436. The minimum Gasteiger partial charge on any atom is -0.495 e. The fourth-order valence-electron chi connectivity index (χ4n) is 2.96. The van der Waals surface area contributed by atoms with Crippen LogP contribution in [0.25, 0.3) is 0 Å². The van der Waals surface area contributed by atoms with Crippen LogP contribution in [0.2, 0.25) is 10.0 Å². The van der Waals surface area contributed by atoms with Gasteiger partial charge >= 0.3 is 0 Å². The SMILES string of the molecule is COc1ccc(Cl)cc1N1C[C@H](C(=O)NCc2ccccc2Cl)CC1=O. The molecule has 0 radical (unpaired) electrons. The van der Waals surface area contributed by atoms with Crippen molar-refractivity contribution >= 4 is 40.7 Å². The summed E-state index contributed by atoms with van der Waals surface area (Å²) >= 11 is 12.1. The lowest BCUT2D eigenvalue weighted by Gasteiger charge is -2.20. The number of methoxy groups -OCH3 is 1. The lowest BCUT2D eigenvalue weighted by molar-refractivity contribution is -0.126. The highest BCUT2D eigenvalue weighted by molar-refractivity contribution is 6.31. The number of nitrogens with one attached hydrogen (secondary N) is 1. The van der Waals surface area contributed by atoms with E-state index in [1.165, 1.54) is 7.11 Å². The minimum absolute atomic E-state index is 0.136. The van der Waals surface area contributed by atoms with Crippen LogP contribution in [0.4, 0.5) is 5.69 Å². The van der Waals surface area contributed by atoms with Crippen LogP contribution < -0.4 is 15.0 Å². The normalized spacial score (nSPS) is 16.7. The number of halogens is 2. The Morgan fingerprint density at radius 2 is 2.04 bits per heavy atom. The van der Waals surface area contributed by atoms with E-state index in [-0.39, 0.29) is 24.8 Å². The number of rotatable bonds is 5. The average Bonchev–Trinajstić information content (AvgIpc) is 3.02. The highest BCUT2D eigenvalue weighted by Crippen LogP contribution is 2.35. The Kier molecular flexibility index (Phi) is 5.69. The average molecular weight is 393 g/mol. The van der Waals surface area contributed by atoms with Crippen molar-refractivity contribution in [1.29, 1.82) is 0 Å². The van der Waals surface area contributed by atoms with Gasteiger partial charge in [-0.15, -0.1) is 0 Å². The lowest BCUT2D eigenvalue weighted by Crippen LogP contribution is -2.32. The van der Waals surface area contributed by atoms with Crippen LogP contribution in [0, 0.1) is 5.92 Å². The largest absolute Gasteiger partial charge is 0.495 e. The maximum Gasteiger partial charge on any atom is 0.227 e. The third-order valence-corrected chi connectivity index (χ3v) is 4.94. The maximum absolute atomic E-state index is 12.5. The van der Waals surface area contributed by atoms with Crippen LogP contribution >= 0.6 is 23.2 Å². The van der Waals surface area contributed by atoms with E-state index in [1.807, 2.05) is 18.2 Å². The lowest BCUT2D eigenvalue weighted by atomic mass is 10.1. The summed E-state index contributed by atoms with van der Waals surface area (Å²) in [6, 6.07) is 12.4. The summed E-state index contributed by atoms with van der Waals surface area (Å²) in [7, 11) is 1.53. The Bertz CT molecular complexity index is 841. The van der Waals surface area contributed by atoms with E-state index in [0.717, 1.165) is 5.56 Å². The molecule has 0 aliphatic carbocycles. The molecule has 1 aliphatic heterocycles. The molecule has 1 aliphatic rings. The number of carbonyl (C=O) groups is 2. The zero-order valence-corrected chi connectivity index (χ0v) is 15.7. The number of amides is 2. The smallest absolute Gasteiger partial charge is 0.227 e. The molecule has 5 nitrogen and oxygen atoms in total. The topological polar surface area (TPSA) is 58.6 Å². The fraction of sp³-hybridized carbons (Fsp3) is 0.263. The number of nitrogens with zero attached hydrogens (tertiary/aromatic N) is 1. The van der Waals surface area contributed by atoms with E-state index in [2.05, 4.69) is 5.32 Å². The third kappa shape index (κ3) is 3.94. The second-order valence-corrected chi connectivity index (χ2v) is 6.87. The molecule has 0 bridgehead atoms. The van der Waals surface area contributed by atoms with Crippen molar-refractivity contribution in [3.63, 3.8) is 0 Å². The molecular formula is C19H18Cl2N2O3. The van der Waals surface area contributed by atoms with Crippen LogP contribution in [-0.2, 0) is 16.1 Å². The highest BCUT2D eigenvalue weighted by atomic mass is 35.5. The van der Waals surface area contributed by atoms with Crippen LogP contribution in [0.5, 0.6) is 5.75 Å². The van der Waals surface area contributed by atoms with Gasteiger partial charge in [0.25, 0.3) is 0 Å². The van der Waals surface area contributed by atoms with Crippen molar-refractivity contribution in [2.45, 2.75) is 13.0 Å². The summed E-state index contributed by atoms with van der Waals surface area (Å²) in [5.41, 5.74) is 1.41. The summed E-state index contributed by atoms with van der Waals surface area (Å²) in [5, 5.41) is 3.95. The molecule has 26 heavy (non-hydrogen) atoms. The fourth-order valence-corrected chi connectivity index (χ4v) is 3.33. The van der Waals surface area contributed by atoms with Gasteiger partial charge in [0.2, 0.25) is 11.8 Å². The number of hydrogen-bond donors (Lipinski definition) is 1. The van der Waals surface area contributed by atoms with Gasteiger partial charge in [-0.1, -0.05) is 41.4 Å². The quantitative estimate of drug-likeness (QED) is 0.844. The first-order valence-corrected chi connectivity index (χ1v) is 8.90. The van der Waals surface area contributed by atoms with E-state index in [9.17, 15) is 9.59 Å². The van der Waals surface area contributed by atoms with Gasteiger partial charge < -0.3 is 15.0 Å². The summed E-state index contributed by atoms with van der Waals surface area (Å²) in [4.78, 5) is 26.5. The molecule has 1 heterocycles. The zero-order valence-electron chi connectivity index (χ0n) is 14.2. The van der Waals surface area contributed by atoms with Gasteiger partial charge in [-0.25, -0.2) is 0 Å².